The molecule has 0 bridgehead atoms. The molecule has 1 N–H and O–H groups in total. The van der Waals surface area contributed by atoms with E-state index in [1.165, 1.54) is 12.8 Å². The summed E-state index contributed by atoms with van der Waals surface area (Å²) in [6.45, 7) is 1.96. The van der Waals surface area contributed by atoms with E-state index >= 15 is 0 Å². The Morgan fingerprint density at radius 1 is 1.44 bits per heavy atom. The van der Waals surface area contributed by atoms with Crippen LogP contribution in [0.25, 0.3) is 0 Å². The van der Waals surface area contributed by atoms with Crippen molar-refractivity contribution in [2.75, 3.05) is 0 Å². The number of ether oxygens (including phenoxy) is 1. The van der Waals surface area contributed by atoms with Gasteiger partial charge in [-0.3, -0.25) is 5.10 Å². The zero-order valence-electron chi connectivity index (χ0n) is 10.1. The van der Waals surface area contributed by atoms with Crippen LogP contribution in [0.3, 0.4) is 0 Å². The average molecular weight is 308 g/mol. The third-order valence-electron chi connectivity index (χ3n) is 2.96. The minimum Gasteiger partial charge on any atom is -0.483 e. The summed E-state index contributed by atoms with van der Waals surface area (Å²) in [5, 5.41) is 7.22. The van der Waals surface area contributed by atoms with Gasteiger partial charge in [-0.1, -0.05) is 22.0 Å². The van der Waals surface area contributed by atoms with Gasteiger partial charge in [-0.15, -0.1) is 0 Å². The highest BCUT2D eigenvalue weighted by molar-refractivity contribution is 9.10. The summed E-state index contributed by atoms with van der Waals surface area (Å²) in [5.41, 5.74) is 0. The van der Waals surface area contributed by atoms with Crippen molar-refractivity contribution < 1.29 is 4.74 Å². The molecule has 1 aromatic heterocycles. The molecule has 2 aromatic rings. The zero-order valence-corrected chi connectivity index (χ0v) is 11.6. The summed E-state index contributed by atoms with van der Waals surface area (Å²) >= 11 is 3.42. The van der Waals surface area contributed by atoms with Crippen molar-refractivity contribution in [3.05, 3.63) is 40.4 Å². The van der Waals surface area contributed by atoms with Gasteiger partial charge >= 0.3 is 0 Å². The van der Waals surface area contributed by atoms with Crippen LogP contribution in [0.15, 0.2) is 28.7 Å². The molecule has 0 saturated heterocycles. The number of halogens is 1. The van der Waals surface area contributed by atoms with E-state index in [0.717, 1.165) is 21.9 Å². The molecule has 3 rings (SSSR count). The van der Waals surface area contributed by atoms with Gasteiger partial charge in [0.05, 0.1) is 0 Å². The number of aromatic amines is 1. The Labute approximate surface area is 114 Å². The number of nitrogens with one attached hydrogen (secondary N) is 1. The van der Waals surface area contributed by atoms with Crippen molar-refractivity contribution in [3.8, 4) is 5.75 Å². The molecule has 0 spiro atoms. The van der Waals surface area contributed by atoms with Gasteiger partial charge in [-0.25, -0.2) is 4.98 Å². The van der Waals surface area contributed by atoms with Gasteiger partial charge in [0.1, 0.15) is 11.6 Å². The molecule has 0 amide bonds. The lowest BCUT2D eigenvalue weighted by Crippen LogP contribution is -2.05. The van der Waals surface area contributed by atoms with Crippen molar-refractivity contribution in [3.63, 3.8) is 0 Å². The quantitative estimate of drug-likeness (QED) is 0.939. The fourth-order valence-corrected chi connectivity index (χ4v) is 2.18. The lowest BCUT2D eigenvalue weighted by molar-refractivity contribution is 0.216. The van der Waals surface area contributed by atoms with Gasteiger partial charge in [0.15, 0.2) is 11.9 Å². The van der Waals surface area contributed by atoms with E-state index in [2.05, 4.69) is 31.1 Å². The van der Waals surface area contributed by atoms with Crippen LogP contribution in [-0.4, -0.2) is 15.2 Å². The number of hydrogen-bond acceptors (Lipinski definition) is 3. The fraction of sp³-hybridized carbons (Fsp3) is 0.385. The molecule has 1 aliphatic carbocycles. The Bertz CT molecular complexity index is 551. The van der Waals surface area contributed by atoms with Gasteiger partial charge in [0.25, 0.3) is 0 Å². The number of H-pyrrole nitrogens is 1. The average Bonchev–Trinajstić information content (AvgIpc) is 3.07. The molecule has 18 heavy (non-hydrogen) atoms. The summed E-state index contributed by atoms with van der Waals surface area (Å²) in [6.07, 6.45) is 2.29. The van der Waals surface area contributed by atoms with E-state index in [1.54, 1.807) is 0 Å². The molecule has 0 radical (unpaired) electrons. The van der Waals surface area contributed by atoms with E-state index in [0.29, 0.717) is 5.92 Å². The highest BCUT2D eigenvalue weighted by Gasteiger charge is 2.28. The molecular formula is C13H14BrN3O. The summed E-state index contributed by atoms with van der Waals surface area (Å²) < 4.78 is 6.82. The first-order chi connectivity index (χ1) is 8.72. The second kappa shape index (κ2) is 4.72. The number of hydrogen-bond donors (Lipinski definition) is 1. The Kier molecular flexibility index (Phi) is 3.07. The Morgan fingerprint density at radius 2 is 2.28 bits per heavy atom. The monoisotopic (exact) mass is 307 g/mol. The van der Waals surface area contributed by atoms with Gasteiger partial charge in [-0.05, 0) is 38.0 Å². The molecule has 1 aromatic carbocycles. The molecule has 94 valence electrons. The van der Waals surface area contributed by atoms with Gasteiger partial charge in [0, 0.05) is 10.4 Å². The van der Waals surface area contributed by atoms with E-state index in [1.807, 2.05) is 31.2 Å². The van der Waals surface area contributed by atoms with Crippen LogP contribution in [0.2, 0.25) is 0 Å². The van der Waals surface area contributed by atoms with Crippen molar-refractivity contribution in [2.24, 2.45) is 0 Å². The Balaban J connectivity index is 1.71. The molecule has 5 heteroatoms. The minimum atomic E-state index is -0.150. The lowest BCUT2D eigenvalue weighted by atomic mass is 10.3. The highest BCUT2D eigenvalue weighted by Crippen LogP contribution is 2.38. The minimum absolute atomic E-state index is 0.150. The lowest BCUT2D eigenvalue weighted by Gasteiger charge is -2.11. The number of benzene rings is 1. The summed E-state index contributed by atoms with van der Waals surface area (Å²) in [7, 11) is 0. The van der Waals surface area contributed by atoms with Crippen LogP contribution in [-0.2, 0) is 0 Å². The van der Waals surface area contributed by atoms with Gasteiger partial charge in [0.2, 0.25) is 0 Å². The van der Waals surface area contributed by atoms with E-state index in [9.17, 15) is 0 Å². The second-order valence-corrected chi connectivity index (χ2v) is 5.49. The smallest absolute Gasteiger partial charge is 0.191 e. The molecule has 1 unspecified atom stereocenters. The maximum Gasteiger partial charge on any atom is 0.191 e. The summed E-state index contributed by atoms with van der Waals surface area (Å²) in [4.78, 5) is 4.49. The fourth-order valence-electron chi connectivity index (χ4n) is 1.81. The first-order valence-electron chi connectivity index (χ1n) is 6.07. The van der Waals surface area contributed by atoms with Crippen LogP contribution in [0, 0.1) is 0 Å². The molecular weight excluding hydrogens is 294 g/mol. The molecule has 0 aliphatic heterocycles. The number of rotatable bonds is 4. The maximum atomic E-state index is 5.82. The molecule has 1 heterocycles. The van der Waals surface area contributed by atoms with Crippen molar-refractivity contribution >= 4 is 15.9 Å². The number of aromatic nitrogens is 3. The molecule has 4 nitrogen and oxygen atoms in total. The standard InChI is InChI=1S/C13H14BrN3O/c1-8(18-11-4-2-3-10(14)7-11)12-15-13(17-16-12)9-5-6-9/h2-4,7-9H,5-6H2,1H3,(H,15,16,17). The highest BCUT2D eigenvalue weighted by atomic mass is 79.9. The second-order valence-electron chi connectivity index (χ2n) is 4.57. The predicted octanol–water partition coefficient (Wildman–Crippen LogP) is 3.58. The predicted molar refractivity (Wildman–Crippen MR) is 71.5 cm³/mol. The van der Waals surface area contributed by atoms with Crippen LogP contribution < -0.4 is 4.74 Å². The first-order valence-corrected chi connectivity index (χ1v) is 6.86. The first kappa shape index (κ1) is 11.7. The van der Waals surface area contributed by atoms with Crippen LogP contribution >= 0.6 is 15.9 Å². The Morgan fingerprint density at radius 3 is 3.00 bits per heavy atom. The van der Waals surface area contributed by atoms with E-state index in [4.69, 9.17) is 4.74 Å². The summed E-state index contributed by atoms with van der Waals surface area (Å²) in [6, 6.07) is 7.77. The molecule has 1 atom stereocenters. The largest absolute Gasteiger partial charge is 0.483 e. The van der Waals surface area contributed by atoms with E-state index < -0.39 is 0 Å². The molecule has 1 aliphatic rings. The topological polar surface area (TPSA) is 50.8 Å². The van der Waals surface area contributed by atoms with Crippen molar-refractivity contribution in [1.29, 1.82) is 0 Å². The molecule has 1 saturated carbocycles. The normalized spacial score (nSPS) is 16.6. The van der Waals surface area contributed by atoms with Crippen molar-refractivity contribution in [2.45, 2.75) is 31.8 Å². The van der Waals surface area contributed by atoms with Crippen molar-refractivity contribution in [1.82, 2.24) is 15.2 Å². The van der Waals surface area contributed by atoms with Crippen LogP contribution in [0.4, 0.5) is 0 Å². The summed E-state index contributed by atoms with van der Waals surface area (Å²) in [5.74, 6) is 3.12. The van der Waals surface area contributed by atoms with Gasteiger partial charge in [-0.2, -0.15) is 5.10 Å². The van der Waals surface area contributed by atoms with Crippen LogP contribution in [0.1, 0.15) is 43.4 Å². The molecule has 1 fully saturated rings. The third kappa shape index (κ3) is 2.56. The third-order valence-corrected chi connectivity index (χ3v) is 3.45. The van der Waals surface area contributed by atoms with Gasteiger partial charge < -0.3 is 4.74 Å². The Hall–Kier alpha value is -1.36. The SMILES string of the molecule is CC(Oc1cccc(Br)c1)c1n[nH]c(C2CC2)n1. The van der Waals surface area contributed by atoms with E-state index in [-0.39, 0.29) is 6.10 Å². The number of nitrogens with zero attached hydrogens (tertiary/aromatic N) is 2. The zero-order chi connectivity index (χ0) is 12.5. The van der Waals surface area contributed by atoms with Crippen LogP contribution in [0.5, 0.6) is 5.75 Å². The maximum absolute atomic E-state index is 5.82.